The molecule has 2 aromatic carbocycles. The number of esters is 1. The van der Waals surface area contributed by atoms with Crippen LogP contribution in [0.4, 0.5) is 5.69 Å². The summed E-state index contributed by atoms with van der Waals surface area (Å²) >= 11 is 0. The third kappa shape index (κ3) is 4.01. The van der Waals surface area contributed by atoms with Crippen LogP contribution in [0.2, 0.25) is 0 Å². The van der Waals surface area contributed by atoms with E-state index in [4.69, 9.17) is 4.74 Å². The van der Waals surface area contributed by atoms with Gasteiger partial charge in [0.05, 0.1) is 11.9 Å². The molecule has 1 fully saturated rings. The summed E-state index contributed by atoms with van der Waals surface area (Å²) in [7, 11) is 0. The molecule has 0 N–H and O–H groups in total. The maximum atomic E-state index is 12.1. The molecule has 1 saturated heterocycles. The van der Waals surface area contributed by atoms with Gasteiger partial charge in [-0.15, -0.1) is 0 Å². The Morgan fingerprint density at radius 3 is 2.54 bits per heavy atom. The molecule has 3 aromatic rings. The Bertz CT molecular complexity index is 1010. The van der Waals surface area contributed by atoms with Crippen molar-refractivity contribution in [2.75, 3.05) is 11.4 Å². The Labute approximate surface area is 162 Å². The van der Waals surface area contributed by atoms with Crippen LogP contribution in [0.5, 0.6) is 5.75 Å². The highest BCUT2D eigenvalue weighted by Crippen LogP contribution is 2.24. The van der Waals surface area contributed by atoms with Crippen LogP contribution < -0.4 is 9.64 Å². The van der Waals surface area contributed by atoms with Gasteiger partial charge in [0.15, 0.2) is 0 Å². The van der Waals surface area contributed by atoms with Crippen LogP contribution >= 0.6 is 0 Å². The minimum atomic E-state index is -0.475. The van der Waals surface area contributed by atoms with Crippen LogP contribution in [-0.4, -0.2) is 28.2 Å². The first kappa shape index (κ1) is 17.7. The Morgan fingerprint density at radius 1 is 1.04 bits per heavy atom. The summed E-state index contributed by atoms with van der Waals surface area (Å²) in [4.78, 5) is 25.6. The highest BCUT2D eigenvalue weighted by atomic mass is 16.5. The lowest BCUT2D eigenvalue weighted by molar-refractivity contribution is -0.128. The molecule has 6 heteroatoms. The van der Waals surface area contributed by atoms with Crippen LogP contribution in [0.1, 0.15) is 18.4 Å². The second-order valence-electron chi connectivity index (χ2n) is 6.45. The molecule has 0 unspecified atom stereocenters. The summed E-state index contributed by atoms with van der Waals surface area (Å²) in [5, 5.41) is 4.28. The van der Waals surface area contributed by atoms with Gasteiger partial charge in [-0.25, -0.2) is 9.48 Å². The first-order chi connectivity index (χ1) is 13.7. The number of hydrogen-bond acceptors (Lipinski definition) is 4. The van der Waals surface area contributed by atoms with Crippen molar-refractivity contribution in [1.29, 1.82) is 0 Å². The zero-order valence-electron chi connectivity index (χ0n) is 15.2. The SMILES string of the molecule is O=C(/C=C/c1cnn(-c2ccccc2)c1)Oc1ccc(N2CCCC2=O)cc1. The van der Waals surface area contributed by atoms with Crippen molar-refractivity contribution in [3.63, 3.8) is 0 Å². The van der Waals surface area contributed by atoms with Gasteiger partial charge in [0.2, 0.25) is 5.91 Å². The number of carbonyl (C=O) groups excluding carboxylic acids is 2. The fourth-order valence-electron chi connectivity index (χ4n) is 3.07. The Hall–Kier alpha value is -3.67. The van der Waals surface area contributed by atoms with Crippen molar-refractivity contribution in [2.45, 2.75) is 12.8 Å². The molecule has 0 radical (unpaired) electrons. The van der Waals surface area contributed by atoms with E-state index >= 15 is 0 Å². The molecule has 28 heavy (non-hydrogen) atoms. The van der Waals surface area contributed by atoms with Crippen LogP contribution in [0.3, 0.4) is 0 Å². The predicted octanol–water partition coefficient (Wildman–Crippen LogP) is 3.62. The number of aromatic nitrogens is 2. The average Bonchev–Trinajstić information content (AvgIpc) is 3.37. The van der Waals surface area contributed by atoms with Gasteiger partial charge in [-0.1, -0.05) is 18.2 Å². The molecule has 0 bridgehead atoms. The normalized spacial score (nSPS) is 14.0. The second-order valence-corrected chi connectivity index (χ2v) is 6.45. The lowest BCUT2D eigenvalue weighted by atomic mass is 10.3. The molecule has 0 aliphatic carbocycles. The first-order valence-electron chi connectivity index (χ1n) is 9.09. The molecule has 4 rings (SSSR count). The topological polar surface area (TPSA) is 64.4 Å². The number of rotatable bonds is 5. The zero-order chi connectivity index (χ0) is 19.3. The number of amides is 1. The number of hydrogen-bond donors (Lipinski definition) is 0. The monoisotopic (exact) mass is 373 g/mol. The van der Waals surface area contributed by atoms with Gasteiger partial charge in [-0.2, -0.15) is 5.10 Å². The Balaban J connectivity index is 1.36. The van der Waals surface area contributed by atoms with E-state index in [1.54, 1.807) is 46.1 Å². The summed E-state index contributed by atoms with van der Waals surface area (Å²) in [5.41, 5.74) is 2.57. The lowest BCUT2D eigenvalue weighted by Crippen LogP contribution is -2.23. The standard InChI is InChI=1S/C22H19N3O3/c26-21-7-4-14-24(21)18-9-11-20(12-10-18)28-22(27)13-8-17-15-23-25(16-17)19-5-2-1-3-6-19/h1-3,5-6,8-13,15-16H,4,7,14H2/b13-8+. The molecule has 0 saturated carbocycles. The van der Waals surface area contributed by atoms with Gasteiger partial charge >= 0.3 is 5.97 Å². The highest BCUT2D eigenvalue weighted by Gasteiger charge is 2.21. The van der Waals surface area contributed by atoms with Crippen molar-refractivity contribution in [3.05, 3.63) is 78.6 Å². The molecule has 0 spiro atoms. The fraction of sp³-hybridized carbons (Fsp3) is 0.136. The highest BCUT2D eigenvalue weighted by molar-refractivity contribution is 5.95. The summed E-state index contributed by atoms with van der Waals surface area (Å²) in [6, 6.07) is 16.7. The molecule has 1 aromatic heterocycles. The minimum absolute atomic E-state index is 0.128. The number of ether oxygens (including phenoxy) is 1. The van der Waals surface area contributed by atoms with Gasteiger partial charge in [0.25, 0.3) is 0 Å². The van der Waals surface area contributed by atoms with Gasteiger partial charge in [-0.05, 0) is 48.9 Å². The summed E-state index contributed by atoms with van der Waals surface area (Å²) < 4.78 is 7.06. The third-order valence-electron chi connectivity index (χ3n) is 4.48. The first-order valence-corrected chi connectivity index (χ1v) is 9.09. The number of carbonyl (C=O) groups is 2. The molecule has 6 nitrogen and oxygen atoms in total. The summed E-state index contributed by atoms with van der Waals surface area (Å²) in [6.07, 6.45) is 8.00. The lowest BCUT2D eigenvalue weighted by Gasteiger charge is -2.15. The molecular weight excluding hydrogens is 354 g/mol. The van der Waals surface area contributed by atoms with Crippen molar-refractivity contribution < 1.29 is 14.3 Å². The van der Waals surface area contributed by atoms with Crippen molar-refractivity contribution in [1.82, 2.24) is 9.78 Å². The van der Waals surface area contributed by atoms with Crippen LogP contribution in [0, 0.1) is 0 Å². The van der Waals surface area contributed by atoms with Crippen molar-refractivity contribution in [3.8, 4) is 11.4 Å². The fourth-order valence-corrected chi connectivity index (χ4v) is 3.07. The largest absolute Gasteiger partial charge is 0.423 e. The molecule has 2 heterocycles. The quantitative estimate of drug-likeness (QED) is 0.389. The molecule has 0 atom stereocenters. The summed E-state index contributed by atoms with van der Waals surface area (Å²) in [5.74, 6) is 0.0891. The number of benzene rings is 2. The maximum absolute atomic E-state index is 12.1. The van der Waals surface area contributed by atoms with E-state index in [0.29, 0.717) is 12.2 Å². The summed E-state index contributed by atoms with van der Waals surface area (Å²) in [6.45, 7) is 0.734. The Morgan fingerprint density at radius 2 is 1.82 bits per heavy atom. The van der Waals surface area contributed by atoms with E-state index < -0.39 is 5.97 Å². The van der Waals surface area contributed by atoms with Crippen LogP contribution in [0.25, 0.3) is 11.8 Å². The van der Waals surface area contributed by atoms with Gasteiger partial charge in [0, 0.05) is 36.5 Å². The van der Waals surface area contributed by atoms with E-state index in [0.717, 1.165) is 29.9 Å². The average molecular weight is 373 g/mol. The van der Waals surface area contributed by atoms with Gasteiger partial charge in [0.1, 0.15) is 5.75 Å². The van der Waals surface area contributed by atoms with Crippen LogP contribution in [0.15, 0.2) is 73.1 Å². The van der Waals surface area contributed by atoms with Crippen LogP contribution in [-0.2, 0) is 9.59 Å². The minimum Gasteiger partial charge on any atom is -0.423 e. The van der Waals surface area contributed by atoms with Crippen molar-refractivity contribution in [2.24, 2.45) is 0 Å². The second kappa shape index (κ2) is 7.92. The van der Waals surface area contributed by atoms with Crippen molar-refractivity contribution >= 4 is 23.6 Å². The van der Waals surface area contributed by atoms with E-state index in [-0.39, 0.29) is 5.91 Å². The predicted molar refractivity (Wildman–Crippen MR) is 106 cm³/mol. The third-order valence-corrected chi connectivity index (χ3v) is 4.48. The molecule has 1 aliphatic heterocycles. The number of nitrogens with zero attached hydrogens (tertiary/aromatic N) is 3. The van der Waals surface area contributed by atoms with E-state index in [1.807, 2.05) is 36.5 Å². The van der Waals surface area contributed by atoms with E-state index in [2.05, 4.69) is 5.10 Å². The Kier molecular flexibility index (Phi) is 5.01. The smallest absolute Gasteiger partial charge is 0.336 e. The van der Waals surface area contributed by atoms with E-state index in [1.165, 1.54) is 6.08 Å². The maximum Gasteiger partial charge on any atom is 0.336 e. The zero-order valence-corrected chi connectivity index (χ0v) is 15.2. The molecule has 1 aliphatic rings. The van der Waals surface area contributed by atoms with E-state index in [9.17, 15) is 9.59 Å². The molecular formula is C22H19N3O3. The molecule has 140 valence electrons. The number of anilines is 1. The van der Waals surface area contributed by atoms with Gasteiger partial charge < -0.3 is 9.64 Å². The van der Waals surface area contributed by atoms with Gasteiger partial charge in [-0.3, -0.25) is 4.79 Å². The number of para-hydroxylation sites is 1. The molecule has 1 amide bonds.